The van der Waals surface area contributed by atoms with Crippen LogP contribution in [0.4, 0.5) is 0 Å². The summed E-state index contributed by atoms with van der Waals surface area (Å²) in [5.41, 5.74) is 4.65. The molecular weight excluding hydrogens is 264 g/mol. The maximum atomic E-state index is 11.4. The molecule has 0 aliphatic carbocycles. The summed E-state index contributed by atoms with van der Waals surface area (Å²) in [5.74, 6) is 0.104. The average Bonchev–Trinajstić information content (AvgIpc) is 2.77. The van der Waals surface area contributed by atoms with Crippen molar-refractivity contribution in [3.8, 4) is 17.1 Å². The van der Waals surface area contributed by atoms with Gasteiger partial charge in [-0.15, -0.1) is 0 Å². The number of hydrogen-bond donors (Lipinski definition) is 0. The molecule has 0 atom stereocenters. The van der Waals surface area contributed by atoms with Crippen LogP contribution in [0.15, 0.2) is 42.6 Å². The van der Waals surface area contributed by atoms with Gasteiger partial charge in [0.1, 0.15) is 11.3 Å². The lowest BCUT2D eigenvalue weighted by atomic mass is 10.1. The van der Waals surface area contributed by atoms with Crippen LogP contribution in [0.3, 0.4) is 0 Å². The molecule has 0 aliphatic heterocycles. The van der Waals surface area contributed by atoms with E-state index in [2.05, 4.69) is 4.98 Å². The zero-order valence-electron chi connectivity index (χ0n) is 12.3. The SMILES string of the molecule is CC(=O)Oc1c(-c2ccc(C)cc2)nc2cc(C)ccn12. The molecule has 106 valence electrons. The van der Waals surface area contributed by atoms with E-state index in [-0.39, 0.29) is 5.97 Å². The summed E-state index contributed by atoms with van der Waals surface area (Å²) in [6, 6.07) is 11.9. The fraction of sp³-hybridized carbons (Fsp3) is 0.176. The van der Waals surface area contributed by atoms with Gasteiger partial charge in [-0.3, -0.25) is 9.20 Å². The highest BCUT2D eigenvalue weighted by Gasteiger charge is 2.17. The van der Waals surface area contributed by atoms with Crippen molar-refractivity contribution in [2.75, 3.05) is 0 Å². The third kappa shape index (κ3) is 2.52. The Balaban J connectivity index is 2.24. The van der Waals surface area contributed by atoms with E-state index < -0.39 is 0 Å². The Bertz CT molecular complexity index is 817. The van der Waals surface area contributed by atoms with Crippen LogP contribution in [0.2, 0.25) is 0 Å². The predicted molar refractivity (Wildman–Crippen MR) is 81.4 cm³/mol. The minimum atomic E-state index is -0.356. The van der Waals surface area contributed by atoms with Gasteiger partial charge >= 0.3 is 5.97 Å². The van der Waals surface area contributed by atoms with Crippen molar-refractivity contribution in [3.05, 3.63) is 53.7 Å². The second-order valence-corrected chi connectivity index (χ2v) is 5.16. The Kier molecular flexibility index (Phi) is 3.22. The van der Waals surface area contributed by atoms with Gasteiger partial charge in [0, 0.05) is 18.7 Å². The Morgan fingerprint density at radius 1 is 1.10 bits per heavy atom. The number of carbonyl (C=O) groups is 1. The molecule has 0 saturated heterocycles. The molecule has 3 aromatic rings. The maximum absolute atomic E-state index is 11.4. The zero-order valence-corrected chi connectivity index (χ0v) is 12.3. The number of ether oxygens (including phenoxy) is 1. The summed E-state index contributed by atoms with van der Waals surface area (Å²) in [6.45, 7) is 5.43. The van der Waals surface area contributed by atoms with Crippen molar-refractivity contribution in [2.24, 2.45) is 0 Å². The van der Waals surface area contributed by atoms with E-state index in [1.54, 1.807) is 4.40 Å². The van der Waals surface area contributed by atoms with Crippen LogP contribution in [0.1, 0.15) is 18.1 Å². The lowest BCUT2D eigenvalue weighted by molar-refractivity contribution is -0.132. The van der Waals surface area contributed by atoms with E-state index in [9.17, 15) is 4.79 Å². The van der Waals surface area contributed by atoms with E-state index in [0.29, 0.717) is 11.6 Å². The summed E-state index contributed by atoms with van der Waals surface area (Å²) in [4.78, 5) is 16.0. The zero-order chi connectivity index (χ0) is 15.0. The third-order valence-electron chi connectivity index (χ3n) is 3.30. The average molecular weight is 280 g/mol. The van der Waals surface area contributed by atoms with E-state index >= 15 is 0 Å². The first-order valence-corrected chi connectivity index (χ1v) is 6.79. The van der Waals surface area contributed by atoms with Crippen LogP contribution in [-0.2, 0) is 4.79 Å². The summed E-state index contributed by atoms with van der Waals surface area (Å²) >= 11 is 0. The number of benzene rings is 1. The van der Waals surface area contributed by atoms with Gasteiger partial charge in [0.05, 0.1) is 0 Å². The number of imidazole rings is 1. The quantitative estimate of drug-likeness (QED) is 0.674. The van der Waals surface area contributed by atoms with Gasteiger partial charge in [0.25, 0.3) is 0 Å². The molecule has 1 aromatic carbocycles. The molecule has 0 saturated carbocycles. The van der Waals surface area contributed by atoms with Crippen molar-refractivity contribution in [3.63, 3.8) is 0 Å². The maximum Gasteiger partial charge on any atom is 0.309 e. The van der Waals surface area contributed by atoms with Crippen molar-refractivity contribution < 1.29 is 9.53 Å². The number of fused-ring (bicyclic) bond motifs is 1. The molecule has 2 heterocycles. The van der Waals surface area contributed by atoms with Gasteiger partial charge in [-0.1, -0.05) is 29.8 Å². The van der Waals surface area contributed by atoms with Crippen LogP contribution in [-0.4, -0.2) is 15.4 Å². The lowest BCUT2D eigenvalue weighted by Crippen LogP contribution is -2.04. The predicted octanol–water partition coefficient (Wildman–Crippen LogP) is 3.54. The first kappa shape index (κ1) is 13.4. The molecule has 21 heavy (non-hydrogen) atoms. The summed E-state index contributed by atoms with van der Waals surface area (Å²) < 4.78 is 7.18. The number of esters is 1. The molecule has 4 heteroatoms. The van der Waals surface area contributed by atoms with E-state index in [4.69, 9.17) is 4.74 Å². The van der Waals surface area contributed by atoms with Crippen LogP contribution in [0, 0.1) is 13.8 Å². The van der Waals surface area contributed by atoms with Crippen LogP contribution < -0.4 is 4.74 Å². The van der Waals surface area contributed by atoms with E-state index in [1.165, 1.54) is 12.5 Å². The Morgan fingerprint density at radius 2 is 1.81 bits per heavy atom. The smallest absolute Gasteiger partial charge is 0.309 e. The first-order valence-electron chi connectivity index (χ1n) is 6.79. The molecule has 0 bridgehead atoms. The van der Waals surface area contributed by atoms with Gasteiger partial charge in [0.15, 0.2) is 0 Å². The van der Waals surface area contributed by atoms with Crippen molar-refractivity contribution in [2.45, 2.75) is 20.8 Å². The summed E-state index contributed by atoms with van der Waals surface area (Å²) in [5, 5.41) is 0. The number of rotatable bonds is 2. The largest absolute Gasteiger partial charge is 0.407 e. The summed E-state index contributed by atoms with van der Waals surface area (Å²) in [6.07, 6.45) is 1.87. The second-order valence-electron chi connectivity index (χ2n) is 5.16. The molecule has 0 spiro atoms. The van der Waals surface area contributed by atoms with Gasteiger partial charge < -0.3 is 4.74 Å². The lowest BCUT2D eigenvalue weighted by Gasteiger charge is -2.05. The Labute approximate surface area is 123 Å². The van der Waals surface area contributed by atoms with E-state index in [1.807, 2.05) is 56.4 Å². The molecule has 0 N–H and O–H groups in total. The molecule has 0 aliphatic rings. The summed E-state index contributed by atoms with van der Waals surface area (Å²) in [7, 11) is 0. The molecule has 0 unspecified atom stereocenters. The van der Waals surface area contributed by atoms with Crippen molar-refractivity contribution in [1.29, 1.82) is 0 Å². The third-order valence-corrected chi connectivity index (χ3v) is 3.30. The van der Waals surface area contributed by atoms with Crippen LogP contribution in [0.25, 0.3) is 16.9 Å². The minimum absolute atomic E-state index is 0.356. The molecule has 3 rings (SSSR count). The number of hydrogen-bond acceptors (Lipinski definition) is 3. The molecule has 2 aromatic heterocycles. The second kappa shape index (κ2) is 5.05. The number of carbonyl (C=O) groups excluding carboxylic acids is 1. The van der Waals surface area contributed by atoms with Gasteiger partial charge in [0.2, 0.25) is 5.88 Å². The molecule has 0 radical (unpaired) electrons. The number of aromatic nitrogens is 2. The first-order chi connectivity index (χ1) is 10.0. The van der Waals surface area contributed by atoms with Gasteiger partial charge in [-0.05, 0) is 31.5 Å². The van der Waals surface area contributed by atoms with Gasteiger partial charge in [-0.25, -0.2) is 4.98 Å². The van der Waals surface area contributed by atoms with Gasteiger partial charge in [-0.2, -0.15) is 0 Å². The number of nitrogens with zero attached hydrogens (tertiary/aromatic N) is 2. The fourth-order valence-corrected chi connectivity index (χ4v) is 2.26. The highest BCUT2D eigenvalue weighted by atomic mass is 16.5. The monoisotopic (exact) mass is 280 g/mol. The molecular formula is C17H16N2O2. The molecule has 0 fully saturated rings. The minimum Gasteiger partial charge on any atom is -0.407 e. The van der Waals surface area contributed by atoms with Crippen molar-refractivity contribution >= 4 is 11.6 Å². The highest BCUT2D eigenvalue weighted by Crippen LogP contribution is 2.31. The standard InChI is InChI=1S/C17H16N2O2/c1-11-4-6-14(7-5-11)16-17(21-13(3)20)19-9-8-12(2)10-15(19)18-16/h4-10H,1-3H3. The number of pyridine rings is 1. The van der Waals surface area contributed by atoms with Crippen LogP contribution >= 0.6 is 0 Å². The normalized spacial score (nSPS) is 10.8. The van der Waals surface area contributed by atoms with Crippen molar-refractivity contribution in [1.82, 2.24) is 9.38 Å². The Hall–Kier alpha value is -2.62. The molecule has 4 nitrogen and oxygen atoms in total. The van der Waals surface area contributed by atoms with E-state index in [0.717, 1.165) is 16.8 Å². The Morgan fingerprint density at radius 3 is 2.48 bits per heavy atom. The topological polar surface area (TPSA) is 43.6 Å². The number of aryl methyl sites for hydroxylation is 2. The molecule has 0 amide bonds. The highest BCUT2D eigenvalue weighted by molar-refractivity contribution is 5.76. The van der Waals surface area contributed by atoms with Crippen LogP contribution in [0.5, 0.6) is 5.88 Å². The fourth-order valence-electron chi connectivity index (χ4n) is 2.26.